The number of phenols is 1. The van der Waals surface area contributed by atoms with Crippen LogP contribution in [0.5, 0.6) is 5.75 Å². The Hall–Kier alpha value is -1.55. The monoisotopic (exact) mass is 248 g/mol. The zero-order valence-corrected chi connectivity index (χ0v) is 11.1. The SMILES string of the molecule is Cc1cc(C)c(O)c(NC(=O)C2NCCC2C)c1. The second kappa shape index (κ2) is 4.98. The molecule has 0 spiro atoms. The van der Waals surface area contributed by atoms with Gasteiger partial charge in [-0.05, 0) is 49.9 Å². The van der Waals surface area contributed by atoms with Crippen LogP contribution in [0.1, 0.15) is 24.5 Å². The maximum Gasteiger partial charge on any atom is 0.241 e. The average Bonchev–Trinajstić information content (AvgIpc) is 2.71. The van der Waals surface area contributed by atoms with Crippen LogP contribution in [0.15, 0.2) is 12.1 Å². The quantitative estimate of drug-likeness (QED) is 0.701. The average molecular weight is 248 g/mol. The van der Waals surface area contributed by atoms with Crippen LogP contribution in [0.4, 0.5) is 5.69 Å². The third-order valence-corrected chi connectivity index (χ3v) is 3.52. The van der Waals surface area contributed by atoms with Crippen molar-refractivity contribution in [2.75, 3.05) is 11.9 Å². The van der Waals surface area contributed by atoms with Gasteiger partial charge in [0, 0.05) is 0 Å². The Labute approximate surface area is 107 Å². The van der Waals surface area contributed by atoms with E-state index < -0.39 is 0 Å². The van der Waals surface area contributed by atoms with Gasteiger partial charge in [0.15, 0.2) is 0 Å². The number of aromatic hydroxyl groups is 1. The first kappa shape index (κ1) is 12.9. The molecule has 1 heterocycles. The zero-order chi connectivity index (χ0) is 13.3. The van der Waals surface area contributed by atoms with Gasteiger partial charge < -0.3 is 15.7 Å². The summed E-state index contributed by atoms with van der Waals surface area (Å²) in [6, 6.07) is 3.52. The molecule has 0 bridgehead atoms. The van der Waals surface area contributed by atoms with Gasteiger partial charge in [0.1, 0.15) is 5.75 Å². The number of benzene rings is 1. The third kappa shape index (κ3) is 2.48. The molecule has 2 atom stereocenters. The van der Waals surface area contributed by atoms with Gasteiger partial charge in [-0.25, -0.2) is 0 Å². The van der Waals surface area contributed by atoms with Gasteiger partial charge in [-0.2, -0.15) is 0 Å². The Morgan fingerprint density at radius 1 is 1.44 bits per heavy atom. The molecule has 2 rings (SSSR count). The number of carbonyl (C=O) groups is 1. The summed E-state index contributed by atoms with van der Waals surface area (Å²) in [4.78, 5) is 12.1. The highest BCUT2D eigenvalue weighted by atomic mass is 16.3. The number of phenolic OH excluding ortho intramolecular Hbond substituents is 1. The maximum atomic E-state index is 12.1. The van der Waals surface area contributed by atoms with E-state index in [0.29, 0.717) is 11.6 Å². The summed E-state index contributed by atoms with van der Waals surface area (Å²) < 4.78 is 0. The molecule has 18 heavy (non-hydrogen) atoms. The van der Waals surface area contributed by atoms with E-state index in [9.17, 15) is 9.90 Å². The van der Waals surface area contributed by atoms with Crippen LogP contribution in [-0.4, -0.2) is 23.6 Å². The van der Waals surface area contributed by atoms with Gasteiger partial charge in [-0.1, -0.05) is 13.0 Å². The molecule has 0 saturated carbocycles. The minimum Gasteiger partial charge on any atom is -0.505 e. The summed E-state index contributed by atoms with van der Waals surface area (Å²) in [6.45, 7) is 6.71. The van der Waals surface area contributed by atoms with Crippen molar-refractivity contribution in [2.45, 2.75) is 33.2 Å². The maximum absolute atomic E-state index is 12.1. The van der Waals surface area contributed by atoms with Crippen molar-refractivity contribution in [3.63, 3.8) is 0 Å². The molecule has 4 heteroatoms. The van der Waals surface area contributed by atoms with E-state index in [2.05, 4.69) is 17.6 Å². The Bertz CT molecular complexity index is 471. The van der Waals surface area contributed by atoms with E-state index in [-0.39, 0.29) is 17.7 Å². The van der Waals surface area contributed by atoms with Crippen LogP contribution >= 0.6 is 0 Å². The fourth-order valence-electron chi connectivity index (χ4n) is 2.45. The van der Waals surface area contributed by atoms with Gasteiger partial charge in [-0.3, -0.25) is 4.79 Å². The summed E-state index contributed by atoms with van der Waals surface area (Å²) in [5.74, 6) is 0.415. The third-order valence-electron chi connectivity index (χ3n) is 3.52. The fraction of sp³-hybridized carbons (Fsp3) is 0.500. The number of amides is 1. The van der Waals surface area contributed by atoms with Crippen LogP contribution < -0.4 is 10.6 Å². The smallest absolute Gasteiger partial charge is 0.241 e. The highest BCUT2D eigenvalue weighted by molar-refractivity contribution is 5.96. The van der Waals surface area contributed by atoms with E-state index in [1.807, 2.05) is 19.9 Å². The molecule has 1 aromatic carbocycles. The van der Waals surface area contributed by atoms with Gasteiger partial charge in [0.05, 0.1) is 11.7 Å². The van der Waals surface area contributed by atoms with Crippen molar-refractivity contribution >= 4 is 11.6 Å². The van der Waals surface area contributed by atoms with Crippen molar-refractivity contribution in [2.24, 2.45) is 5.92 Å². The summed E-state index contributed by atoms with van der Waals surface area (Å²) in [5, 5.41) is 15.9. The molecule has 1 amide bonds. The van der Waals surface area contributed by atoms with Gasteiger partial charge in [-0.15, -0.1) is 0 Å². The lowest BCUT2D eigenvalue weighted by Gasteiger charge is -2.17. The highest BCUT2D eigenvalue weighted by Gasteiger charge is 2.29. The first-order chi connectivity index (χ1) is 8.49. The molecule has 1 aliphatic heterocycles. The summed E-state index contributed by atoms with van der Waals surface area (Å²) in [6.07, 6.45) is 1.01. The summed E-state index contributed by atoms with van der Waals surface area (Å²) in [5.41, 5.74) is 2.30. The van der Waals surface area contributed by atoms with E-state index >= 15 is 0 Å². The van der Waals surface area contributed by atoms with E-state index in [0.717, 1.165) is 24.1 Å². The molecule has 0 radical (unpaired) electrons. The van der Waals surface area contributed by atoms with Crippen LogP contribution in [0.2, 0.25) is 0 Å². The lowest BCUT2D eigenvalue weighted by Crippen LogP contribution is -2.39. The normalized spacial score (nSPS) is 23.1. The minimum atomic E-state index is -0.162. The first-order valence-electron chi connectivity index (χ1n) is 6.33. The Balaban J connectivity index is 2.16. The number of anilines is 1. The van der Waals surface area contributed by atoms with Crippen LogP contribution in [0.3, 0.4) is 0 Å². The molecule has 1 fully saturated rings. The Kier molecular flexibility index (Phi) is 3.57. The van der Waals surface area contributed by atoms with Crippen molar-refractivity contribution < 1.29 is 9.90 Å². The molecular formula is C14H20N2O2. The minimum absolute atomic E-state index is 0.0692. The second-order valence-corrected chi connectivity index (χ2v) is 5.16. The number of aryl methyl sites for hydroxylation is 2. The van der Waals surface area contributed by atoms with Gasteiger partial charge >= 0.3 is 0 Å². The fourth-order valence-corrected chi connectivity index (χ4v) is 2.45. The van der Waals surface area contributed by atoms with E-state index in [4.69, 9.17) is 0 Å². The van der Waals surface area contributed by atoms with E-state index in [1.54, 1.807) is 6.07 Å². The molecule has 1 aromatic rings. The van der Waals surface area contributed by atoms with Crippen molar-refractivity contribution in [1.29, 1.82) is 0 Å². The lowest BCUT2D eigenvalue weighted by atomic mass is 10.0. The Morgan fingerprint density at radius 3 is 2.78 bits per heavy atom. The van der Waals surface area contributed by atoms with Gasteiger partial charge in [0.2, 0.25) is 5.91 Å². The first-order valence-corrected chi connectivity index (χ1v) is 6.33. The standard InChI is InChI=1S/C14H20N2O2/c1-8-6-10(3)13(17)11(7-8)16-14(18)12-9(2)4-5-15-12/h6-7,9,12,15,17H,4-5H2,1-3H3,(H,16,18). The van der Waals surface area contributed by atoms with Gasteiger partial charge in [0.25, 0.3) is 0 Å². The molecule has 0 aromatic heterocycles. The lowest BCUT2D eigenvalue weighted by molar-refractivity contribution is -0.118. The molecule has 3 N–H and O–H groups in total. The predicted octanol–water partition coefficient (Wildman–Crippen LogP) is 1.95. The molecule has 0 aliphatic carbocycles. The van der Waals surface area contributed by atoms with Crippen LogP contribution in [0, 0.1) is 19.8 Å². The number of carbonyl (C=O) groups excluding carboxylic acids is 1. The summed E-state index contributed by atoms with van der Waals surface area (Å²) in [7, 11) is 0. The van der Waals surface area contributed by atoms with Crippen LogP contribution in [-0.2, 0) is 4.79 Å². The van der Waals surface area contributed by atoms with E-state index in [1.165, 1.54) is 0 Å². The number of nitrogens with one attached hydrogen (secondary N) is 2. The molecule has 4 nitrogen and oxygen atoms in total. The Morgan fingerprint density at radius 2 is 2.17 bits per heavy atom. The highest BCUT2D eigenvalue weighted by Crippen LogP contribution is 2.29. The summed E-state index contributed by atoms with van der Waals surface area (Å²) >= 11 is 0. The van der Waals surface area contributed by atoms with Crippen molar-refractivity contribution in [1.82, 2.24) is 5.32 Å². The molecular weight excluding hydrogens is 228 g/mol. The predicted molar refractivity (Wildman–Crippen MR) is 71.8 cm³/mol. The molecule has 98 valence electrons. The molecule has 1 aliphatic rings. The second-order valence-electron chi connectivity index (χ2n) is 5.16. The van der Waals surface area contributed by atoms with Crippen molar-refractivity contribution in [3.8, 4) is 5.75 Å². The molecule has 2 unspecified atom stereocenters. The number of hydrogen-bond donors (Lipinski definition) is 3. The largest absolute Gasteiger partial charge is 0.505 e. The topological polar surface area (TPSA) is 61.4 Å². The number of hydrogen-bond acceptors (Lipinski definition) is 3. The van der Waals surface area contributed by atoms with Crippen molar-refractivity contribution in [3.05, 3.63) is 23.3 Å². The van der Waals surface area contributed by atoms with Crippen LogP contribution in [0.25, 0.3) is 0 Å². The molecule has 1 saturated heterocycles. The zero-order valence-electron chi connectivity index (χ0n) is 11.1. The number of rotatable bonds is 2.